The first-order chi connectivity index (χ1) is 14.3. The fraction of sp³-hybridized carbons (Fsp3) is 0.0385. The van der Waals surface area contributed by atoms with E-state index in [9.17, 15) is 4.79 Å². The van der Waals surface area contributed by atoms with E-state index in [1.807, 2.05) is 30.4 Å². The molecular formula is C26H21O2P. The Morgan fingerprint density at radius 3 is 1.66 bits per heavy atom. The summed E-state index contributed by atoms with van der Waals surface area (Å²) in [6.45, 7) is 0. The molecule has 0 amide bonds. The van der Waals surface area contributed by atoms with E-state index in [0.29, 0.717) is 12.0 Å². The molecule has 1 aliphatic heterocycles. The predicted octanol–water partition coefficient (Wildman–Crippen LogP) is 4.37. The van der Waals surface area contributed by atoms with Gasteiger partial charge in [-0.25, -0.2) is 0 Å². The van der Waals surface area contributed by atoms with E-state index < -0.39 is 7.26 Å². The molecule has 0 N–H and O–H groups in total. The van der Waals surface area contributed by atoms with Crippen LogP contribution in [0.2, 0.25) is 0 Å². The maximum atomic E-state index is 12.8. The van der Waals surface area contributed by atoms with Crippen LogP contribution < -0.4 is 15.9 Å². The molecule has 0 atom stereocenters. The monoisotopic (exact) mass is 396 g/mol. The molecule has 29 heavy (non-hydrogen) atoms. The van der Waals surface area contributed by atoms with Gasteiger partial charge >= 0.3 is 171 Å². The Balaban J connectivity index is 1.91. The molecule has 3 aromatic carbocycles. The van der Waals surface area contributed by atoms with Crippen molar-refractivity contribution in [2.75, 3.05) is 0 Å². The van der Waals surface area contributed by atoms with Crippen molar-refractivity contribution in [3.05, 3.63) is 126 Å². The fourth-order valence-electron chi connectivity index (χ4n) is 4.44. The molecule has 0 spiro atoms. The molecule has 0 fully saturated rings. The Bertz CT molecular complexity index is 1050. The van der Waals surface area contributed by atoms with Crippen LogP contribution in [0.1, 0.15) is 6.42 Å². The zero-order valence-electron chi connectivity index (χ0n) is 15.9. The van der Waals surface area contributed by atoms with Gasteiger partial charge in [0.2, 0.25) is 0 Å². The Kier molecular flexibility index (Phi) is 4.50. The summed E-state index contributed by atoms with van der Waals surface area (Å²) in [4.78, 5) is 12.8. The average Bonchev–Trinajstić information content (AvgIpc) is 3.14. The molecule has 0 aromatic heterocycles. The normalized spacial score (nSPS) is 16.3. The topological polar surface area (TPSA) is 26.3 Å². The van der Waals surface area contributed by atoms with Crippen molar-refractivity contribution in [3.8, 4) is 0 Å². The van der Waals surface area contributed by atoms with Crippen LogP contribution in [-0.2, 0) is 9.53 Å². The number of benzene rings is 3. The SMILES string of the molecule is O=C1OC([PH](c2ccccc2)(c2ccccc2)c2ccccc2)=C2CC=CC=C12. The van der Waals surface area contributed by atoms with E-state index in [-0.39, 0.29) is 5.97 Å². The minimum atomic E-state index is -2.78. The van der Waals surface area contributed by atoms with Crippen LogP contribution in [0.25, 0.3) is 0 Å². The number of cyclic esters (lactones) is 1. The van der Waals surface area contributed by atoms with Gasteiger partial charge in [-0.1, -0.05) is 0 Å². The van der Waals surface area contributed by atoms with Crippen LogP contribution in [-0.4, -0.2) is 5.97 Å². The van der Waals surface area contributed by atoms with Gasteiger partial charge in [0.1, 0.15) is 0 Å². The van der Waals surface area contributed by atoms with Crippen LogP contribution in [0.4, 0.5) is 0 Å². The number of allylic oxidation sites excluding steroid dienone is 3. The number of carbonyl (C=O) groups excluding carboxylic acids is 1. The van der Waals surface area contributed by atoms with Gasteiger partial charge in [-0.3, -0.25) is 0 Å². The molecule has 0 saturated carbocycles. The van der Waals surface area contributed by atoms with Gasteiger partial charge in [-0.05, 0) is 0 Å². The summed E-state index contributed by atoms with van der Waals surface area (Å²) < 4.78 is 6.13. The standard InChI is InChI=1S/C26H21O2P/c27-25-23-18-10-11-19-24(23)26(28-25)29(20-12-4-1-5-13-20,21-14-6-2-7-15-21)22-16-8-3-9-17-22/h1-18,29H,19H2. The molecule has 2 aliphatic rings. The van der Waals surface area contributed by atoms with Gasteiger partial charge < -0.3 is 0 Å². The molecule has 142 valence electrons. The van der Waals surface area contributed by atoms with E-state index in [1.165, 1.54) is 15.9 Å². The van der Waals surface area contributed by atoms with Crippen molar-refractivity contribution in [3.63, 3.8) is 0 Å². The van der Waals surface area contributed by atoms with Crippen LogP contribution in [0.5, 0.6) is 0 Å². The minimum absolute atomic E-state index is 0.237. The van der Waals surface area contributed by atoms with Crippen molar-refractivity contribution in [1.29, 1.82) is 0 Å². The molecule has 3 aromatic rings. The number of rotatable bonds is 4. The number of ether oxygens (including phenoxy) is 1. The second kappa shape index (κ2) is 7.31. The van der Waals surface area contributed by atoms with Gasteiger partial charge in [-0.15, -0.1) is 0 Å². The zero-order valence-corrected chi connectivity index (χ0v) is 16.9. The maximum absolute atomic E-state index is 12.8. The molecule has 3 heteroatoms. The number of hydrogen-bond donors (Lipinski definition) is 0. The Morgan fingerprint density at radius 1 is 0.690 bits per heavy atom. The summed E-state index contributed by atoms with van der Waals surface area (Å²) in [5.74, 6) is -0.237. The third kappa shape index (κ3) is 2.80. The predicted molar refractivity (Wildman–Crippen MR) is 122 cm³/mol. The molecular weight excluding hydrogens is 375 g/mol. The van der Waals surface area contributed by atoms with Gasteiger partial charge in [0, 0.05) is 0 Å². The number of fused-ring (bicyclic) bond motifs is 1. The first-order valence-electron chi connectivity index (χ1n) is 9.81. The Labute approximate surface area is 171 Å². The summed E-state index contributed by atoms with van der Waals surface area (Å²) in [6.07, 6.45) is 6.64. The molecule has 0 saturated heterocycles. The van der Waals surface area contributed by atoms with Gasteiger partial charge in [0.25, 0.3) is 0 Å². The molecule has 5 rings (SSSR count). The molecule has 0 bridgehead atoms. The second-order valence-electron chi connectivity index (χ2n) is 7.26. The van der Waals surface area contributed by atoms with Gasteiger partial charge in [0.15, 0.2) is 0 Å². The van der Waals surface area contributed by atoms with Crippen LogP contribution in [0.3, 0.4) is 0 Å². The van der Waals surface area contributed by atoms with Crippen molar-refractivity contribution in [1.82, 2.24) is 0 Å². The molecule has 1 heterocycles. The van der Waals surface area contributed by atoms with E-state index >= 15 is 0 Å². The van der Waals surface area contributed by atoms with Crippen LogP contribution in [0.15, 0.2) is 126 Å². The van der Waals surface area contributed by atoms with Crippen LogP contribution >= 0.6 is 7.26 Å². The molecule has 1 aliphatic carbocycles. The third-order valence-electron chi connectivity index (χ3n) is 5.70. The summed E-state index contributed by atoms with van der Waals surface area (Å²) in [5.41, 5.74) is 2.57. The Morgan fingerprint density at radius 2 is 1.17 bits per heavy atom. The first-order valence-corrected chi connectivity index (χ1v) is 11.8. The van der Waals surface area contributed by atoms with Crippen LogP contribution in [0, 0.1) is 0 Å². The quantitative estimate of drug-likeness (QED) is 0.484. The van der Waals surface area contributed by atoms with Gasteiger partial charge in [0.05, 0.1) is 0 Å². The van der Waals surface area contributed by atoms with E-state index in [1.54, 1.807) is 0 Å². The summed E-state index contributed by atoms with van der Waals surface area (Å²) in [6, 6.07) is 31.6. The summed E-state index contributed by atoms with van der Waals surface area (Å²) >= 11 is 0. The molecule has 2 nitrogen and oxygen atoms in total. The van der Waals surface area contributed by atoms with Crippen molar-refractivity contribution in [2.24, 2.45) is 0 Å². The van der Waals surface area contributed by atoms with Crippen molar-refractivity contribution >= 4 is 29.1 Å². The zero-order chi connectivity index (χ0) is 19.7. The average molecular weight is 396 g/mol. The first kappa shape index (κ1) is 17.8. The number of carbonyl (C=O) groups is 1. The second-order valence-corrected chi connectivity index (χ2v) is 10.9. The van der Waals surface area contributed by atoms with E-state index in [4.69, 9.17) is 4.74 Å². The summed E-state index contributed by atoms with van der Waals surface area (Å²) in [5, 5.41) is 3.63. The summed E-state index contributed by atoms with van der Waals surface area (Å²) in [7, 11) is -2.78. The fourth-order valence-corrected chi connectivity index (χ4v) is 9.24. The van der Waals surface area contributed by atoms with Crippen molar-refractivity contribution in [2.45, 2.75) is 6.42 Å². The number of esters is 1. The number of hydrogen-bond acceptors (Lipinski definition) is 2. The van der Waals surface area contributed by atoms with Crippen molar-refractivity contribution < 1.29 is 9.53 Å². The van der Waals surface area contributed by atoms with E-state index in [2.05, 4.69) is 78.9 Å². The Hall–Kier alpha value is -3.22. The van der Waals surface area contributed by atoms with E-state index in [0.717, 1.165) is 11.1 Å². The molecule has 0 radical (unpaired) electrons. The third-order valence-corrected chi connectivity index (χ3v) is 10.4. The van der Waals surface area contributed by atoms with Gasteiger partial charge in [-0.2, -0.15) is 0 Å². The molecule has 0 unspecified atom stereocenters.